The minimum Gasteiger partial charge on any atom is -0.461 e. The molecule has 0 bridgehead atoms. The van der Waals surface area contributed by atoms with Crippen molar-refractivity contribution in [3.8, 4) is 0 Å². The lowest BCUT2D eigenvalue weighted by Crippen LogP contribution is -2.28. The highest BCUT2D eigenvalue weighted by Gasteiger charge is 2.25. The van der Waals surface area contributed by atoms with Crippen LogP contribution >= 0.6 is 0 Å². The number of carbonyl (C=O) groups is 2. The van der Waals surface area contributed by atoms with Crippen LogP contribution in [0.3, 0.4) is 0 Å². The van der Waals surface area contributed by atoms with Crippen molar-refractivity contribution in [2.24, 2.45) is 7.05 Å². The lowest BCUT2D eigenvalue weighted by atomic mass is 10.1. The predicted molar refractivity (Wildman–Crippen MR) is 86.3 cm³/mol. The molecule has 6 heteroatoms. The third-order valence-electron chi connectivity index (χ3n) is 3.69. The minimum absolute atomic E-state index is 0.139. The molecule has 22 heavy (non-hydrogen) atoms. The van der Waals surface area contributed by atoms with Gasteiger partial charge in [-0.3, -0.25) is 4.79 Å². The van der Waals surface area contributed by atoms with E-state index in [1.807, 2.05) is 21.0 Å². The molecule has 0 aliphatic heterocycles. The highest BCUT2D eigenvalue weighted by Crippen LogP contribution is 2.21. The summed E-state index contributed by atoms with van der Waals surface area (Å²) in [5.41, 5.74) is 2.45. The van der Waals surface area contributed by atoms with Crippen LogP contribution < -0.4 is 5.32 Å². The number of rotatable bonds is 7. The van der Waals surface area contributed by atoms with Crippen LogP contribution in [0.4, 0.5) is 0 Å². The van der Waals surface area contributed by atoms with E-state index in [0.29, 0.717) is 30.0 Å². The topological polar surface area (TPSA) is 63.6 Å². The smallest absolute Gasteiger partial charge is 0.355 e. The number of aromatic nitrogens is 1. The van der Waals surface area contributed by atoms with Crippen LogP contribution in [-0.2, 0) is 11.8 Å². The lowest BCUT2D eigenvalue weighted by molar-refractivity contribution is 0.0514. The Morgan fingerprint density at radius 3 is 2.45 bits per heavy atom. The van der Waals surface area contributed by atoms with Crippen molar-refractivity contribution >= 4 is 11.9 Å². The van der Waals surface area contributed by atoms with Crippen molar-refractivity contribution in [3.63, 3.8) is 0 Å². The monoisotopic (exact) mass is 309 g/mol. The number of hydrogen-bond acceptors (Lipinski definition) is 4. The number of carbonyl (C=O) groups excluding carboxylic acids is 2. The SMILES string of the molecule is CCOC(=O)c1c(C)c(C(=O)NCCCN(C)C)c(C)n1C. The van der Waals surface area contributed by atoms with Crippen molar-refractivity contribution in [1.29, 1.82) is 0 Å². The Balaban J connectivity index is 2.89. The van der Waals surface area contributed by atoms with Gasteiger partial charge in [0.25, 0.3) is 5.91 Å². The molecule has 0 unspecified atom stereocenters. The van der Waals surface area contributed by atoms with Crippen molar-refractivity contribution in [3.05, 3.63) is 22.5 Å². The second-order valence-electron chi connectivity index (χ2n) is 5.63. The number of hydrogen-bond donors (Lipinski definition) is 1. The van der Waals surface area contributed by atoms with E-state index in [2.05, 4.69) is 10.2 Å². The Morgan fingerprint density at radius 1 is 1.27 bits per heavy atom. The number of esters is 1. The van der Waals surface area contributed by atoms with Gasteiger partial charge in [-0.05, 0) is 53.4 Å². The van der Waals surface area contributed by atoms with E-state index in [4.69, 9.17) is 4.74 Å². The summed E-state index contributed by atoms with van der Waals surface area (Å²) in [4.78, 5) is 26.5. The van der Waals surface area contributed by atoms with Crippen molar-refractivity contribution in [2.75, 3.05) is 33.8 Å². The molecule has 0 aromatic carbocycles. The Labute approximate surface area is 132 Å². The van der Waals surface area contributed by atoms with Gasteiger partial charge in [-0.2, -0.15) is 0 Å². The highest BCUT2D eigenvalue weighted by atomic mass is 16.5. The van der Waals surface area contributed by atoms with Crippen LogP contribution in [-0.4, -0.2) is 55.1 Å². The zero-order valence-corrected chi connectivity index (χ0v) is 14.4. The molecular weight excluding hydrogens is 282 g/mol. The first-order chi connectivity index (χ1) is 10.3. The molecule has 0 saturated carbocycles. The first-order valence-electron chi connectivity index (χ1n) is 7.57. The average molecular weight is 309 g/mol. The lowest BCUT2D eigenvalue weighted by Gasteiger charge is -2.10. The van der Waals surface area contributed by atoms with Gasteiger partial charge in [0.05, 0.1) is 12.2 Å². The molecule has 1 rings (SSSR count). The number of amides is 1. The van der Waals surface area contributed by atoms with Gasteiger partial charge in [0.2, 0.25) is 0 Å². The van der Waals surface area contributed by atoms with Gasteiger partial charge in [0.15, 0.2) is 0 Å². The fraction of sp³-hybridized carbons (Fsp3) is 0.625. The van der Waals surface area contributed by atoms with Crippen LogP contribution in [0.2, 0.25) is 0 Å². The molecule has 0 atom stereocenters. The van der Waals surface area contributed by atoms with Gasteiger partial charge in [-0.15, -0.1) is 0 Å². The Kier molecular flexibility index (Phi) is 6.61. The summed E-state index contributed by atoms with van der Waals surface area (Å²) < 4.78 is 6.79. The molecule has 124 valence electrons. The van der Waals surface area contributed by atoms with Crippen molar-refractivity contribution < 1.29 is 14.3 Å². The molecule has 1 aromatic rings. The molecular formula is C16H27N3O3. The third kappa shape index (κ3) is 4.10. The average Bonchev–Trinajstić information content (AvgIpc) is 2.65. The maximum atomic E-state index is 12.4. The van der Waals surface area contributed by atoms with Gasteiger partial charge < -0.3 is 19.5 Å². The summed E-state index contributed by atoms with van der Waals surface area (Å²) in [6.45, 7) is 7.23. The van der Waals surface area contributed by atoms with E-state index in [1.54, 1.807) is 25.5 Å². The minimum atomic E-state index is -0.391. The molecule has 1 heterocycles. The van der Waals surface area contributed by atoms with Crippen LogP contribution in [0.25, 0.3) is 0 Å². The van der Waals surface area contributed by atoms with Gasteiger partial charge >= 0.3 is 5.97 Å². The molecule has 1 amide bonds. The molecule has 0 saturated heterocycles. The molecule has 0 aliphatic rings. The van der Waals surface area contributed by atoms with Gasteiger partial charge in [0.1, 0.15) is 5.69 Å². The summed E-state index contributed by atoms with van der Waals surface area (Å²) in [5.74, 6) is -0.530. The fourth-order valence-electron chi connectivity index (χ4n) is 2.49. The van der Waals surface area contributed by atoms with Gasteiger partial charge in [0, 0.05) is 19.3 Å². The molecule has 0 fully saturated rings. The molecule has 0 aliphatic carbocycles. The zero-order chi connectivity index (χ0) is 16.9. The normalized spacial score (nSPS) is 10.9. The predicted octanol–water partition coefficient (Wildman–Crippen LogP) is 1.50. The Bertz CT molecular complexity index is 547. The third-order valence-corrected chi connectivity index (χ3v) is 3.69. The van der Waals surface area contributed by atoms with E-state index in [-0.39, 0.29) is 5.91 Å². The van der Waals surface area contributed by atoms with Crippen LogP contribution in [0.5, 0.6) is 0 Å². The van der Waals surface area contributed by atoms with Crippen LogP contribution in [0.15, 0.2) is 0 Å². The zero-order valence-electron chi connectivity index (χ0n) is 14.4. The van der Waals surface area contributed by atoms with Crippen LogP contribution in [0, 0.1) is 13.8 Å². The molecule has 0 radical (unpaired) electrons. The summed E-state index contributed by atoms with van der Waals surface area (Å²) in [6, 6.07) is 0. The number of ether oxygens (including phenoxy) is 1. The maximum absolute atomic E-state index is 12.4. The van der Waals surface area contributed by atoms with Crippen molar-refractivity contribution in [2.45, 2.75) is 27.2 Å². The quantitative estimate of drug-likeness (QED) is 0.612. The Morgan fingerprint density at radius 2 is 1.91 bits per heavy atom. The maximum Gasteiger partial charge on any atom is 0.355 e. The summed E-state index contributed by atoms with van der Waals surface area (Å²) in [6.07, 6.45) is 0.883. The number of nitrogens with zero attached hydrogens (tertiary/aromatic N) is 2. The highest BCUT2D eigenvalue weighted by molar-refractivity contribution is 6.01. The van der Waals surface area contributed by atoms with E-state index in [1.165, 1.54) is 0 Å². The molecule has 6 nitrogen and oxygen atoms in total. The number of nitrogens with one attached hydrogen (secondary N) is 1. The first kappa shape index (κ1) is 18.2. The molecule has 1 N–H and O–H groups in total. The van der Waals surface area contributed by atoms with Crippen molar-refractivity contribution in [1.82, 2.24) is 14.8 Å². The second-order valence-corrected chi connectivity index (χ2v) is 5.63. The van der Waals surface area contributed by atoms with E-state index < -0.39 is 5.97 Å². The first-order valence-corrected chi connectivity index (χ1v) is 7.57. The molecule has 1 aromatic heterocycles. The summed E-state index contributed by atoms with van der Waals surface area (Å²) >= 11 is 0. The van der Waals surface area contributed by atoms with E-state index >= 15 is 0 Å². The van der Waals surface area contributed by atoms with Gasteiger partial charge in [-0.1, -0.05) is 0 Å². The second kappa shape index (κ2) is 7.98. The van der Waals surface area contributed by atoms with E-state index in [9.17, 15) is 9.59 Å². The van der Waals surface area contributed by atoms with Crippen LogP contribution in [0.1, 0.15) is 45.4 Å². The standard InChI is InChI=1S/C16H27N3O3/c1-7-22-16(21)14-11(2)13(12(3)19(14)6)15(20)17-9-8-10-18(4)5/h7-10H2,1-6H3,(H,17,20). The summed E-state index contributed by atoms with van der Waals surface area (Å²) in [7, 11) is 5.77. The fourth-order valence-corrected chi connectivity index (χ4v) is 2.49. The van der Waals surface area contributed by atoms with Gasteiger partial charge in [-0.25, -0.2) is 4.79 Å². The Hall–Kier alpha value is -1.82. The largest absolute Gasteiger partial charge is 0.461 e. The summed E-state index contributed by atoms with van der Waals surface area (Å²) in [5, 5.41) is 2.92. The van der Waals surface area contributed by atoms with E-state index in [0.717, 1.165) is 18.7 Å². The molecule has 0 spiro atoms.